The van der Waals surface area contributed by atoms with E-state index in [1.807, 2.05) is 28.8 Å². The van der Waals surface area contributed by atoms with Crippen LogP contribution in [0.2, 0.25) is 0 Å². The van der Waals surface area contributed by atoms with Gasteiger partial charge in [0.25, 0.3) is 0 Å². The average Bonchev–Trinajstić information content (AvgIpc) is 3.14. The monoisotopic (exact) mass is 303 g/mol. The SMILES string of the molecule is COc1cccc(-n2cnnc2SCc2nnc(C)o2)c1. The highest BCUT2D eigenvalue weighted by Gasteiger charge is 2.10. The molecule has 0 radical (unpaired) electrons. The maximum atomic E-state index is 5.34. The number of benzene rings is 1. The molecule has 0 aliphatic heterocycles. The van der Waals surface area contributed by atoms with E-state index < -0.39 is 0 Å². The van der Waals surface area contributed by atoms with Crippen LogP contribution in [0, 0.1) is 6.92 Å². The zero-order valence-corrected chi connectivity index (χ0v) is 12.4. The summed E-state index contributed by atoms with van der Waals surface area (Å²) in [4.78, 5) is 0. The van der Waals surface area contributed by atoms with Crippen LogP contribution in [0.5, 0.6) is 5.75 Å². The molecule has 0 amide bonds. The molecule has 0 saturated carbocycles. The molecule has 3 rings (SSSR count). The minimum absolute atomic E-state index is 0.545. The van der Waals surface area contributed by atoms with Crippen molar-refractivity contribution in [3.8, 4) is 11.4 Å². The van der Waals surface area contributed by atoms with Crippen LogP contribution in [0.4, 0.5) is 0 Å². The standard InChI is InChI=1S/C13H13N5O2S/c1-9-15-16-12(20-9)7-21-13-17-14-8-18(13)10-4-3-5-11(6-10)19-2/h3-6,8H,7H2,1-2H3. The number of ether oxygens (including phenoxy) is 1. The Labute approximate surface area is 125 Å². The number of aromatic nitrogens is 5. The first kappa shape index (κ1) is 13.6. The Bertz CT molecular complexity index is 740. The lowest BCUT2D eigenvalue weighted by molar-refractivity contribution is 0.414. The molecule has 2 aromatic heterocycles. The summed E-state index contributed by atoms with van der Waals surface area (Å²) in [5.74, 6) is 2.45. The van der Waals surface area contributed by atoms with Crippen molar-refractivity contribution in [2.75, 3.05) is 7.11 Å². The van der Waals surface area contributed by atoms with Gasteiger partial charge in [-0.2, -0.15) is 0 Å². The summed E-state index contributed by atoms with van der Waals surface area (Å²) in [5, 5.41) is 16.6. The average molecular weight is 303 g/mol. The van der Waals surface area contributed by atoms with Crippen LogP contribution in [0.3, 0.4) is 0 Å². The highest BCUT2D eigenvalue weighted by molar-refractivity contribution is 7.98. The predicted molar refractivity (Wildman–Crippen MR) is 76.5 cm³/mol. The van der Waals surface area contributed by atoms with Gasteiger partial charge in [0.2, 0.25) is 11.8 Å². The fourth-order valence-electron chi connectivity index (χ4n) is 1.78. The third-order valence-corrected chi connectivity index (χ3v) is 3.67. The van der Waals surface area contributed by atoms with Crippen molar-refractivity contribution in [1.82, 2.24) is 25.0 Å². The lowest BCUT2D eigenvalue weighted by atomic mass is 10.3. The summed E-state index contributed by atoms with van der Waals surface area (Å²) in [5.41, 5.74) is 0.934. The van der Waals surface area contributed by atoms with Gasteiger partial charge in [0.05, 0.1) is 18.6 Å². The first-order valence-electron chi connectivity index (χ1n) is 6.22. The van der Waals surface area contributed by atoms with Gasteiger partial charge in [0.1, 0.15) is 12.1 Å². The first-order valence-corrected chi connectivity index (χ1v) is 7.21. The maximum Gasteiger partial charge on any atom is 0.226 e. The van der Waals surface area contributed by atoms with Crippen LogP contribution in [0.1, 0.15) is 11.8 Å². The molecule has 108 valence electrons. The number of methoxy groups -OCH3 is 1. The zero-order valence-electron chi connectivity index (χ0n) is 11.6. The van der Waals surface area contributed by atoms with Crippen molar-refractivity contribution in [2.45, 2.75) is 17.8 Å². The van der Waals surface area contributed by atoms with E-state index in [9.17, 15) is 0 Å². The fourth-order valence-corrected chi connectivity index (χ4v) is 2.55. The zero-order chi connectivity index (χ0) is 14.7. The van der Waals surface area contributed by atoms with Crippen LogP contribution < -0.4 is 4.74 Å². The molecule has 0 N–H and O–H groups in total. The van der Waals surface area contributed by atoms with Gasteiger partial charge in [-0.1, -0.05) is 17.8 Å². The Morgan fingerprint density at radius 2 is 2.19 bits per heavy atom. The summed E-state index contributed by atoms with van der Waals surface area (Å²) in [7, 11) is 1.64. The van der Waals surface area contributed by atoms with Crippen LogP contribution in [-0.2, 0) is 5.75 Å². The summed E-state index contributed by atoms with van der Waals surface area (Å²) >= 11 is 1.48. The molecule has 8 heteroatoms. The first-order chi connectivity index (χ1) is 10.3. The van der Waals surface area contributed by atoms with Crippen LogP contribution in [-0.4, -0.2) is 32.1 Å². The topological polar surface area (TPSA) is 78.9 Å². The minimum atomic E-state index is 0.545. The third kappa shape index (κ3) is 3.05. The smallest absolute Gasteiger partial charge is 0.226 e. The number of nitrogens with zero attached hydrogens (tertiary/aromatic N) is 5. The van der Waals surface area contributed by atoms with Crippen LogP contribution >= 0.6 is 11.8 Å². The molecule has 0 aliphatic carbocycles. The van der Waals surface area contributed by atoms with Gasteiger partial charge in [-0.05, 0) is 12.1 Å². The van der Waals surface area contributed by atoms with Gasteiger partial charge < -0.3 is 9.15 Å². The molecular formula is C13H13N5O2S. The Morgan fingerprint density at radius 3 is 2.95 bits per heavy atom. The molecule has 0 atom stereocenters. The van der Waals surface area contributed by atoms with E-state index in [1.54, 1.807) is 20.4 Å². The quantitative estimate of drug-likeness (QED) is 0.669. The summed E-state index contributed by atoms with van der Waals surface area (Å²) < 4.78 is 12.5. The van der Waals surface area contributed by atoms with Crippen LogP contribution in [0.25, 0.3) is 5.69 Å². The second-order valence-electron chi connectivity index (χ2n) is 4.19. The molecule has 2 heterocycles. The molecule has 0 saturated heterocycles. The molecular weight excluding hydrogens is 290 g/mol. The molecule has 21 heavy (non-hydrogen) atoms. The third-order valence-electron chi connectivity index (χ3n) is 2.74. The van der Waals surface area contributed by atoms with Crippen molar-refractivity contribution >= 4 is 11.8 Å². The van der Waals surface area contributed by atoms with E-state index in [0.717, 1.165) is 16.6 Å². The van der Waals surface area contributed by atoms with Crippen molar-refractivity contribution in [2.24, 2.45) is 0 Å². The molecule has 0 unspecified atom stereocenters. The van der Waals surface area contributed by atoms with Crippen molar-refractivity contribution in [3.63, 3.8) is 0 Å². The summed E-state index contributed by atoms with van der Waals surface area (Å²) in [6.45, 7) is 1.76. The van der Waals surface area contributed by atoms with Gasteiger partial charge >= 0.3 is 0 Å². The Kier molecular flexibility index (Phi) is 3.87. The molecule has 7 nitrogen and oxygen atoms in total. The van der Waals surface area contributed by atoms with Gasteiger partial charge in [0, 0.05) is 13.0 Å². The lowest BCUT2D eigenvalue weighted by Crippen LogP contribution is -1.96. The van der Waals surface area contributed by atoms with Gasteiger partial charge in [-0.15, -0.1) is 20.4 Å². The highest BCUT2D eigenvalue weighted by Crippen LogP contribution is 2.24. The fraction of sp³-hybridized carbons (Fsp3) is 0.231. The summed E-state index contributed by atoms with van der Waals surface area (Å²) in [6.07, 6.45) is 1.66. The van der Waals surface area contributed by atoms with Crippen molar-refractivity contribution in [3.05, 3.63) is 42.4 Å². The lowest BCUT2D eigenvalue weighted by Gasteiger charge is -2.07. The van der Waals surface area contributed by atoms with Gasteiger partial charge in [-0.25, -0.2) is 0 Å². The highest BCUT2D eigenvalue weighted by atomic mass is 32.2. The minimum Gasteiger partial charge on any atom is -0.497 e. The Hall–Kier alpha value is -2.35. The van der Waals surface area contributed by atoms with Crippen molar-refractivity contribution < 1.29 is 9.15 Å². The summed E-state index contributed by atoms with van der Waals surface area (Å²) in [6, 6.07) is 7.70. The van der Waals surface area contributed by atoms with E-state index in [0.29, 0.717) is 17.5 Å². The van der Waals surface area contributed by atoms with Crippen LogP contribution in [0.15, 0.2) is 40.2 Å². The Morgan fingerprint density at radius 1 is 1.29 bits per heavy atom. The maximum absolute atomic E-state index is 5.34. The van der Waals surface area contributed by atoms with Gasteiger partial charge in [-0.3, -0.25) is 4.57 Å². The second-order valence-corrected chi connectivity index (χ2v) is 5.13. The molecule has 0 bridgehead atoms. The van der Waals surface area contributed by atoms with Crippen molar-refractivity contribution in [1.29, 1.82) is 0 Å². The van der Waals surface area contributed by atoms with E-state index >= 15 is 0 Å². The largest absolute Gasteiger partial charge is 0.497 e. The van der Waals surface area contributed by atoms with E-state index in [-0.39, 0.29) is 0 Å². The molecule has 0 spiro atoms. The number of thioether (sulfide) groups is 1. The number of hydrogen-bond acceptors (Lipinski definition) is 7. The molecule has 3 aromatic rings. The second kappa shape index (κ2) is 5.96. The van der Waals surface area contributed by atoms with E-state index in [4.69, 9.17) is 9.15 Å². The van der Waals surface area contributed by atoms with Gasteiger partial charge in [0.15, 0.2) is 5.16 Å². The molecule has 0 aliphatic rings. The number of rotatable bonds is 5. The number of hydrogen-bond donors (Lipinski definition) is 0. The predicted octanol–water partition coefficient (Wildman–Crippen LogP) is 2.26. The Balaban J connectivity index is 1.80. The molecule has 0 fully saturated rings. The van der Waals surface area contributed by atoms with E-state index in [1.165, 1.54) is 11.8 Å². The molecule has 1 aromatic carbocycles. The number of aryl methyl sites for hydroxylation is 1. The van der Waals surface area contributed by atoms with E-state index in [2.05, 4.69) is 20.4 Å². The normalized spacial score (nSPS) is 10.8.